The van der Waals surface area contributed by atoms with Crippen LogP contribution in [-0.2, 0) is 4.74 Å². The molecule has 0 spiro atoms. The van der Waals surface area contributed by atoms with Crippen molar-refractivity contribution in [1.82, 2.24) is 0 Å². The van der Waals surface area contributed by atoms with Crippen molar-refractivity contribution in [2.75, 3.05) is 20.3 Å². The molecule has 0 aromatic carbocycles. The molecule has 0 amide bonds. The molecule has 0 atom stereocenters. The summed E-state index contributed by atoms with van der Waals surface area (Å²) in [4.78, 5) is 0. The maximum absolute atomic E-state index is 5.43. The molecule has 0 bridgehead atoms. The molecule has 0 aliphatic heterocycles. The highest BCUT2D eigenvalue weighted by atomic mass is 16.5. The van der Waals surface area contributed by atoms with Gasteiger partial charge in [-0.25, -0.2) is 0 Å². The van der Waals surface area contributed by atoms with Crippen molar-refractivity contribution in [3.63, 3.8) is 0 Å². The lowest BCUT2D eigenvalue weighted by Gasteiger charge is -2.04. The minimum atomic E-state index is 0.764. The number of methoxy groups -OCH3 is 1. The number of allylic oxidation sites excluding steroid dienone is 1. The zero-order valence-corrected chi connectivity index (χ0v) is 8.31. The summed E-state index contributed by atoms with van der Waals surface area (Å²) in [7, 11) is 1.74. The molecule has 0 aliphatic rings. The Labute approximate surface area is 75.8 Å². The minimum absolute atomic E-state index is 0.764. The van der Waals surface area contributed by atoms with Gasteiger partial charge in [-0.05, 0) is 31.4 Å². The Hall–Kier alpha value is -0.340. The largest absolute Gasteiger partial charge is 0.380 e. The Morgan fingerprint density at radius 2 is 2.25 bits per heavy atom. The third-order valence-electron chi connectivity index (χ3n) is 1.75. The second kappa shape index (κ2) is 8.75. The highest BCUT2D eigenvalue weighted by molar-refractivity contribution is 5.02. The molecule has 0 aromatic rings. The van der Waals surface area contributed by atoms with Gasteiger partial charge in [-0.2, -0.15) is 0 Å². The fourth-order valence-corrected chi connectivity index (χ4v) is 1.10. The molecule has 0 fully saturated rings. The van der Waals surface area contributed by atoms with Crippen molar-refractivity contribution >= 4 is 0 Å². The number of ether oxygens (including phenoxy) is 1. The lowest BCUT2D eigenvalue weighted by atomic mass is 10.1. The van der Waals surface area contributed by atoms with Crippen LogP contribution in [0.3, 0.4) is 0 Å². The Morgan fingerprint density at radius 1 is 1.50 bits per heavy atom. The van der Waals surface area contributed by atoms with Crippen LogP contribution in [0.15, 0.2) is 11.6 Å². The van der Waals surface area contributed by atoms with Gasteiger partial charge in [0.05, 0.1) is 6.61 Å². The molecule has 72 valence electrons. The zero-order chi connectivity index (χ0) is 9.23. The second-order valence-electron chi connectivity index (χ2n) is 2.98. The topological polar surface area (TPSA) is 35.2 Å². The molecule has 0 saturated heterocycles. The van der Waals surface area contributed by atoms with Gasteiger partial charge in [-0.15, -0.1) is 0 Å². The van der Waals surface area contributed by atoms with E-state index in [4.69, 9.17) is 10.5 Å². The number of hydrogen-bond donors (Lipinski definition) is 1. The fraction of sp³-hybridized carbons (Fsp3) is 0.800. The van der Waals surface area contributed by atoms with Gasteiger partial charge < -0.3 is 10.5 Å². The minimum Gasteiger partial charge on any atom is -0.380 e. The van der Waals surface area contributed by atoms with Gasteiger partial charge >= 0.3 is 0 Å². The van der Waals surface area contributed by atoms with E-state index >= 15 is 0 Å². The molecule has 0 unspecified atom stereocenters. The molecule has 0 radical (unpaired) electrons. The molecule has 0 aliphatic carbocycles. The quantitative estimate of drug-likeness (QED) is 0.595. The summed E-state index contributed by atoms with van der Waals surface area (Å²) >= 11 is 0. The van der Waals surface area contributed by atoms with Crippen molar-refractivity contribution in [1.29, 1.82) is 0 Å². The van der Waals surface area contributed by atoms with Crippen LogP contribution in [0, 0.1) is 0 Å². The number of nitrogens with two attached hydrogens (primary N) is 1. The molecular formula is C10H21NO. The predicted octanol–water partition coefficient (Wildman–Crippen LogP) is 2.10. The van der Waals surface area contributed by atoms with Crippen molar-refractivity contribution in [3.8, 4) is 0 Å². The van der Waals surface area contributed by atoms with E-state index in [1.165, 1.54) is 12.0 Å². The van der Waals surface area contributed by atoms with Gasteiger partial charge in [0, 0.05) is 7.11 Å². The van der Waals surface area contributed by atoms with Crippen LogP contribution in [0.5, 0.6) is 0 Å². The Kier molecular flexibility index (Phi) is 8.51. The first-order chi connectivity index (χ1) is 5.85. The van der Waals surface area contributed by atoms with Crippen molar-refractivity contribution in [2.45, 2.75) is 32.6 Å². The van der Waals surface area contributed by atoms with E-state index in [9.17, 15) is 0 Å². The summed E-state index contributed by atoms with van der Waals surface area (Å²) in [6, 6.07) is 0. The molecule has 12 heavy (non-hydrogen) atoms. The van der Waals surface area contributed by atoms with Crippen molar-refractivity contribution in [2.24, 2.45) is 5.73 Å². The van der Waals surface area contributed by atoms with Crippen LogP contribution in [0.2, 0.25) is 0 Å². The molecule has 0 aromatic heterocycles. The number of unbranched alkanes of at least 4 members (excludes halogenated alkanes) is 1. The fourth-order valence-electron chi connectivity index (χ4n) is 1.10. The van der Waals surface area contributed by atoms with Crippen LogP contribution < -0.4 is 5.73 Å². The summed E-state index contributed by atoms with van der Waals surface area (Å²) in [5.41, 5.74) is 6.83. The van der Waals surface area contributed by atoms with Gasteiger partial charge in [0.1, 0.15) is 0 Å². The predicted molar refractivity (Wildman–Crippen MR) is 53.2 cm³/mol. The van der Waals surface area contributed by atoms with Crippen LogP contribution in [0.4, 0.5) is 0 Å². The molecule has 2 N–H and O–H groups in total. The van der Waals surface area contributed by atoms with E-state index in [1.54, 1.807) is 7.11 Å². The van der Waals surface area contributed by atoms with E-state index in [0.717, 1.165) is 32.4 Å². The summed E-state index contributed by atoms with van der Waals surface area (Å²) in [6.07, 6.45) is 6.79. The maximum Gasteiger partial charge on any atom is 0.0673 e. The first kappa shape index (κ1) is 11.7. The van der Waals surface area contributed by atoms with Crippen LogP contribution >= 0.6 is 0 Å². The van der Waals surface area contributed by atoms with Gasteiger partial charge in [-0.1, -0.05) is 19.4 Å². The van der Waals surface area contributed by atoms with E-state index < -0.39 is 0 Å². The molecule has 0 saturated carbocycles. The average Bonchev–Trinajstić information content (AvgIpc) is 2.10. The Balaban J connectivity index is 3.68. The van der Waals surface area contributed by atoms with Crippen LogP contribution in [0.1, 0.15) is 32.6 Å². The van der Waals surface area contributed by atoms with Gasteiger partial charge in [0.25, 0.3) is 0 Å². The highest BCUT2D eigenvalue weighted by Gasteiger charge is 1.95. The van der Waals surface area contributed by atoms with Gasteiger partial charge in [0.2, 0.25) is 0 Å². The third-order valence-corrected chi connectivity index (χ3v) is 1.75. The first-order valence-corrected chi connectivity index (χ1v) is 4.72. The van der Waals surface area contributed by atoms with E-state index in [0.29, 0.717) is 0 Å². The van der Waals surface area contributed by atoms with Crippen LogP contribution in [0.25, 0.3) is 0 Å². The van der Waals surface area contributed by atoms with Gasteiger partial charge in [-0.3, -0.25) is 0 Å². The zero-order valence-electron chi connectivity index (χ0n) is 8.31. The average molecular weight is 171 g/mol. The number of rotatable bonds is 7. The lowest BCUT2D eigenvalue weighted by molar-refractivity contribution is 0.222. The Bertz CT molecular complexity index is 121. The summed E-state index contributed by atoms with van der Waals surface area (Å²) in [5.74, 6) is 0. The lowest BCUT2D eigenvalue weighted by Crippen LogP contribution is -2.01. The van der Waals surface area contributed by atoms with E-state index in [-0.39, 0.29) is 0 Å². The monoisotopic (exact) mass is 171 g/mol. The van der Waals surface area contributed by atoms with Gasteiger partial charge in [0.15, 0.2) is 0 Å². The van der Waals surface area contributed by atoms with Crippen LogP contribution in [-0.4, -0.2) is 20.3 Å². The normalized spacial score (nSPS) is 12.1. The van der Waals surface area contributed by atoms with E-state index in [1.807, 2.05) is 0 Å². The number of hydrogen-bond acceptors (Lipinski definition) is 2. The molecular weight excluding hydrogens is 150 g/mol. The second-order valence-corrected chi connectivity index (χ2v) is 2.98. The molecule has 2 heteroatoms. The maximum atomic E-state index is 5.43. The van der Waals surface area contributed by atoms with E-state index in [2.05, 4.69) is 13.0 Å². The summed E-state index contributed by atoms with van der Waals surface area (Å²) in [6.45, 7) is 3.72. The smallest absolute Gasteiger partial charge is 0.0673 e. The molecule has 0 heterocycles. The summed E-state index contributed by atoms with van der Waals surface area (Å²) in [5, 5.41) is 0. The molecule has 0 rings (SSSR count). The molecule has 2 nitrogen and oxygen atoms in total. The summed E-state index contributed by atoms with van der Waals surface area (Å²) < 4.78 is 5.09. The van der Waals surface area contributed by atoms with Crippen molar-refractivity contribution in [3.05, 3.63) is 11.6 Å². The highest BCUT2D eigenvalue weighted by Crippen LogP contribution is 2.06. The Morgan fingerprint density at radius 3 is 2.75 bits per heavy atom. The first-order valence-electron chi connectivity index (χ1n) is 4.72. The van der Waals surface area contributed by atoms with Crippen molar-refractivity contribution < 1.29 is 4.74 Å². The third kappa shape index (κ3) is 6.38. The SMILES string of the molecule is CCC/C=C(/CCCN)COC. The standard InChI is InChI=1S/C10H21NO/c1-3-4-6-10(9-12-2)7-5-8-11/h6H,3-5,7-9,11H2,1-2H3/b10-6-.